The molecule has 0 aromatic carbocycles. The number of thiophene rings is 1. The van der Waals surface area contributed by atoms with E-state index in [1.165, 1.54) is 4.88 Å². The Morgan fingerprint density at radius 1 is 1.25 bits per heavy atom. The minimum Gasteiger partial charge on any atom is -0.481 e. The van der Waals surface area contributed by atoms with Crippen LogP contribution in [0.2, 0.25) is 0 Å². The molecule has 0 spiro atoms. The van der Waals surface area contributed by atoms with Crippen molar-refractivity contribution in [2.75, 3.05) is 7.11 Å². The lowest BCUT2D eigenvalue weighted by Gasteiger charge is -2.08. The van der Waals surface area contributed by atoms with E-state index >= 15 is 0 Å². The lowest BCUT2D eigenvalue weighted by molar-refractivity contribution is 0.0952. The van der Waals surface area contributed by atoms with Crippen molar-refractivity contribution in [3.8, 4) is 16.5 Å². The van der Waals surface area contributed by atoms with Gasteiger partial charge in [-0.2, -0.15) is 0 Å². The smallest absolute Gasteiger partial charge is 0.259 e. The van der Waals surface area contributed by atoms with Gasteiger partial charge >= 0.3 is 0 Å². The van der Waals surface area contributed by atoms with E-state index in [1.54, 1.807) is 43.7 Å². The highest BCUT2D eigenvalue weighted by Gasteiger charge is 2.19. The highest BCUT2D eigenvalue weighted by atomic mass is 32.1. The molecule has 4 rings (SSSR count). The normalized spacial score (nSPS) is 11.0. The Balaban J connectivity index is 1.65. The average molecular weight is 394 g/mol. The number of nitrogens with zero attached hydrogens (tertiary/aromatic N) is 3. The van der Waals surface area contributed by atoms with Crippen LogP contribution in [0.15, 0.2) is 41.1 Å². The zero-order valence-corrected chi connectivity index (χ0v) is 16.5. The molecule has 7 nitrogen and oxygen atoms in total. The van der Waals surface area contributed by atoms with Gasteiger partial charge < -0.3 is 14.6 Å². The fourth-order valence-corrected chi connectivity index (χ4v) is 3.71. The molecule has 4 aromatic rings. The highest BCUT2D eigenvalue weighted by Crippen LogP contribution is 2.31. The van der Waals surface area contributed by atoms with Crippen molar-refractivity contribution in [3.05, 3.63) is 58.2 Å². The van der Waals surface area contributed by atoms with Crippen LogP contribution in [0.1, 0.15) is 26.5 Å². The summed E-state index contributed by atoms with van der Waals surface area (Å²) in [5.74, 6) is 0.311. The van der Waals surface area contributed by atoms with Gasteiger partial charge in [0.2, 0.25) is 5.88 Å². The molecule has 8 heteroatoms. The van der Waals surface area contributed by atoms with Crippen molar-refractivity contribution < 1.29 is 14.1 Å². The molecule has 0 aliphatic heterocycles. The molecule has 4 aromatic heterocycles. The van der Waals surface area contributed by atoms with E-state index in [2.05, 4.69) is 20.4 Å². The first-order valence-electron chi connectivity index (χ1n) is 8.66. The summed E-state index contributed by atoms with van der Waals surface area (Å²) < 4.78 is 10.4. The van der Waals surface area contributed by atoms with Crippen molar-refractivity contribution in [3.63, 3.8) is 0 Å². The van der Waals surface area contributed by atoms with Crippen LogP contribution in [0.5, 0.6) is 5.88 Å². The molecule has 0 aliphatic rings. The first-order chi connectivity index (χ1) is 13.5. The molecular weight excluding hydrogens is 376 g/mol. The molecule has 0 atom stereocenters. The van der Waals surface area contributed by atoms with Gasteiger partial charge in [-0.3, -0.25) is 4.79 Å². The van der Waals surface area contributed by atoms with Crippen LogP contribution in [-0.2, 0) is 6.54 Å². The minimum absolute atomic E-state index is 0.218. The van der Waals surface area contributed by atoms with Crippen molar-refractivity contribution >= 4 is 28.3 Å². The molecule has 0 unspecified atom stereocenters. The summed E-state index contributed by atoms with van der Waals surface area (Å²) in [6.45, 7) is 4.17. The van der Waals surface area contributed by atoms with Gasteiger partial charge in [0.15, 0.2) is 0 Å². The first kappa shape index (κ1) is 18.1. The number of ether oxygens (including phenoxy) is 1. The lowest BCUT2D eigenvalue weighted by Crippen LogP contribution is -2.23. The zero-order valence-electron chi connectivity index (χ0n) is 15.6. The summed E-state index contributed by atoms with van der Waals surface area (Å²) in [4.78, 5) is 23.8. The quantitative estimate of drug-likeness (QED) is 0.552. The third kappa shape index (κ3) is 3.46. The van der Waals surface area contributed by atoms with Gasteiger partial charge in [0.05, 0.1) is 34.3 Å². The molecule has 1 N–H and O–H groups in total. The van der Waals surface area contributed by atoms with Gasteiger partial charge in [-0.15, -0.1) is 11.3 Å². The van der Waals surface area contributed by atoms with E-state index in [1.807, 2.05) is 25.1 Å². The predicted octanol–water partition coefficient (Wildman–Crippen LogP) is 3.90. The largest absolute Gasteiger partial charge is 0.481 e. The molecule has 4 heterocycles. The van der Waals surface area contributed by atoms with E-state index in [4.69, 9.17) is 9.26 Å². The van der Waals surface area contributed by atoms with Crippen LogP contribution in [0.3, 0.4) is 0 Å². The maximum absolute atomic E-state index is 12.9. The highest BCUT2D eigenvalue weighted by molar-refractivity contribution is 7.15. The number of methoxy groups -OCH3 is 1. The van der Waals surface area contributed by atoms with Crippen molar-refractivity contribution in [1.82, 2.24) is 20.4 Å². The molecule has 1 amide bonds. The molecule has 0 aliphatic carbocycles. The summed E-state index contributed by atoms with van der Waals surface area (Å²) in [5, 5.41) is 7.54. The number of aromatic nitrogens is 3. The zero-order chi connectivity index (χ0) is 19.7. The van der Waals surface area contributed by atoms with Crippen LogP contribution in [-0.4, -0.2) is 28.1 Å². The number of carbonyl (C=O) groups is 1. The molecule has 0 saturated carbocycles. The van der Waals surface area contributed by atoms with E-state index in [0.29, 0.717) is 40.5 Å². The molecule has 28 heavy (non-hydrogen) atoms. The Morgan fingerprint density at radius 2 is 2.11 bits per heavy atom. The number of pyridine rings is 2. The molecule has 0 radical (unpaired) electrons. The SMILES string of the molecule is COc1ccc(CNC(=O)c2cc(-c3ccc(C)s3)nc3onc(C)c23)cn1. The monoisotopic (exact) mass is 394 g/mol. The van der Waals surface area contributed by atoms with Crippen LogP contribution in [0.25, 0.3) is 21.7 Å². The Labute approximate surface area is 165 Å². The van der Waals surface area contributed by atoms with Gasteiger partial charge in [-0.25, -0.2) is 9.97 Å². The molecule has 0 bridgehead atoms. The fraction of sp³-hybridized carbons (Fsp3) is 0.200. The van der Waals surface area contributed by atoms with Crippen LogP contribution in [0, 0.1) is 13.8 Å². The summed E-state index contributed by atoms with van der Waals surface area (Å²) in [6.07, 6.45) is 1.67. The van der Waals surface area contributed by atoms with Crippen LogP contribution < -0.4 is 10.1 Å². The molecule has 0 fully saturated rings. The second kappa shape index (κ2) is 7.40. The second-order valence-corrected chi connectivity index (χ2v) is 7.59. The Hall–Kier alpha value is -3.26. The number of hydrogen-bond acceptors (Lipinski definition) is 7. The number of rotatable bonds is 5. The summed E-state index contributed by atoms with van der Waals surface area (Å²) in [5.41, 5.74) is 3.05. The fourth-order valence-electron chi connectivity index (χ4n) is 2.89. The van der Waals surface area contributed by atoms with Crippen LogP contribution >= 0.6 is 11.3 Å². The molecule has 142 valence electrons. The number of aryl methyl sites for hydroxylation is 2. The maximum atomic E-state index is 12.9. The van der Waals surface area contributed by atoms with Gasteiger partial charge in [0.25, 0.3) is 11.6 Å². The Kier molecular flexibility index (Phi) is 4.79. The number of carbonyl (C=O) groups excluding carboxylic acids is 1. The third-order valence-corrected chi connectivity index (χ3v) is 5.34. The number of amides is 1. The molecular formula is C20H18N4O3S. The van der Waals surface area contributed by atoms with Crippen molar-refractivity contribution in [1.29, 1.82) is 0 Å². The standard InChI is InChI=1S/C20H18N4O3S/c1-11-4-6-16(28-11)15-8-14(18-12(2)24-27-20(18)23-15)19(25)22-10-13-5-7-17(26-3)21-9-13/h4-9H,10H2,1-3H3,(H,22,25). The number of hydrogen-bond donors (Lipinski definition) is 1. The third-order valence-electron chi connectivity index (χ3n) is 4.31. The lowest BCUT2D eigenvalue weighted by atomic mass is 10.1. The number of fused-ring (bicyclic) bond motifs is 1. The van der Waals surface area contributed by atoms with Gasteiger partial charge in [0, 0.05) is 23.7 Å². The van der Waals surface area contributed by atoms with Gasteiger partial charge in [-0.1, -0.05) is 11.2 Å². The van der Waals surface area contributed by atoms with Crippen molar-refractivity contribution in [2.24, 2.45) is 0 Å². The maximum Gasteiger partial charge on any atom is 0.259 e. The second-order valence-electron chi connectivity index (χ2n) is 6.30. The minimum atomic E-state index is -0.218. The summed E-state index contributed by atoms with van der Waals surface area (Å²) in [7, 11) is 1.56. The summed E-state index contributed by atoms with van der Waals surface area (Å²) in [6, 6.07) is 9.42. The van der Waals surface area contributed by atoms with Gasteiger partial charge in [0.1, 0.15) is 0 Å². The Morgan fingerprint density at radius 3 is 2.79 bits per heavy atom. The number of nitrogens with one attached hydrogen (secondary N) is 1. The first-order valence-corrected chi connectivity index (χ1v) is 9.48. The molecule has 0 saturated heterocycles. The topological polar surface area (TPSA) is 90.1 Å². The van der Waals surface area contributed by atoms with Crippen molar-refractivity contribution in [2.45, 2.75) is 20.4 Å². The van der Waals surface area contributed by atoms with Gasteiger partial charge in [-0.05, 0) is 37.6 Å². The Bertz CT molecular complexity index is 1150. The van der Waals surface area contributed by atoms with E-state index in [9.17, 15) is 4.79 Å². The summed E-state index contributed by atoms with van der Waals surface area (Å²) >= 11 is 1.61. The van der Waals surface area contributed by atoms with E-state index < -0.39 is 0 Å². The van der Waals surface area contributed by atoms with Crippen LogP contribution in [0.4, 0.5) is 0 Å². The van der Waals surface area contributed by atoms with E-state index in [-0.39, 0.29) is 5.91 Å². The average Bonchev–Trinajstić information content (AvgIpc) is 3.31. The predicted molar refractivity (Wildman–Crippen MR) is 107 cm³/mol. The van der Waals surface area contributed by atoms with E-state index in [0.717, 1.165) is 10.4 Å².